The quantitative estimate of drug-likeness (QED) is 0.151. The Bertz CT molecular complexity index is 816. The molecule has 4 heteroatoms. The van der Waals surface area contributed by atoms with E-state index in [-0.39, 0.29) is 0 Å². The van der Waals surface area contributed by atoms with E-state index in [0.717, 1.165) is 17.3 Å². The summed E-state index contributed by atoms with van der Waals surface area (Å²) in [4.78, 5) is 0. The van der Waals surface area contributed by atoms with E-state index >= 15 is 0 Å². The minimum absolute atomic E-state index is 0.612. The van der Waals surface area contributed by atoms with Gasteiger partial charge in [0.15, 0.2) is 0 Å². The van der Waals surface area contributed by atoms with Crippen LogP contribution < -0.4 is 0 Å². The summed E-state index contributed by atoms with van der Waals surface area (Å²) in [6, 6.07) is 0. The van der Waals surface area contributed by atoms with E-state index in [1.54, 1.807) is 77.0 Å². The van der Waals surface area contributed by atoms with Crippen molar-refractivity contribution >= 4 is 90.4 Å². The molecular formula is C34H54I4. The van der Waals surface area contributed by atoms with Crippen LogP contribution >= 0.6 is 90.4 Å². The maximum absolute atomic E-state index is 3.09. The third-order valence-electron chi connectivity index (χ3n) is 13.9. The van der Waals surface area contributed by atoms with Crippen molar-refractivity contribution in [1.82, 2.24) is 0 Å². The van der Waals surface area contributed by atoms with Crippen LogP contribution in [-0.4, -0.2) is 14.7 Å². The lowest BCUT2D eigenvalue weighted by molar-refractivity contribution is 0.109. The molecule has 0 saturated heterocycles. The van der Waals surface area contributed by atoms with Crippen LogP contribution in [-0.2, 0) is 0 Å². The molecule has 0 N–H and O–H groups in total. The van der Waals surface area contributed by atoms with E-state index in [2.05, 4.69) is 90.4 Å². The first-order chi connectivity index (χ1) is 18.2. The molecule has 0 bridgehead atoms. The third-order valence-corrected chi connectivity index (χ3v) is 21.8. The average Bonchev–Trinajstić information content (AvgIpc) is 3.33. The molecular weight excluding hydrogens is 916 g/mol. The molecule has 0 aromatic carbocycles. The molecule has 0 aromatic heterocycles. The average molecular weight is 970 g/mol. The molecule has 6 rings (SSSR count). The maximum atomic E-state index is 3.09. The zero-order valence-corrected chi connectivity index (χ0v) is 32.7. The Labute approximate surface area is 290 Å². The Balaban J connectivity index is 1.08. The van der Waals surface area contributed by atoms with Crippen LogP contribution in [0.1, 0.15) is 161 Å². The molecule has 218 valence electrons. The number of halogens is 4. The van der Waals surface area contributed by atoms with Gasteiger partial charge in [-0.1, -0.05) is 135 Å². The summed E-state index contributed by atoms with van der Waals surface area (Å²) in [6.45, 7) is 0. The van der Waals surface area contributed by atoms with E-state index < -0.39 is 0 Å². The highest BCUT2D eigenvalue weighted by Gasteiger charge is 2.60. The molecule has 38 heavy (non-hydrogen) atoms. The summed E-state index contributed by atoms with van der Waals surface area (Å²) in [5.74, 6) is 2.05. The van der Waals surface area contributed by atoms with Crippen molar-refractivity contribution in [3.63, 3.8) is 0 Å². The SMILES string of the molecule is ICC1(C2(I)CCC(CCC3(C4(I)CCC(CCC5(C6(I)CCCC6)CCCCC5)C4)CCCC3)C2)CC1. The largest absolute Gasteiger partial charge is 0.0857 e. The molecule has 6 saturated carbocycles. The molecule has 0 aliphatic heterocycles. The van der Waals surface area contributed by atoms with Crippen LogP contribution in [0.5, 0.6) is 0 Å². The summed E-state index contributed by atoms with van der Waals surface area (Å²) in [7, 11) is 0. The van der Waals surface area contributed by atoms with Crippen molar-refractivity contribution in [2.75, 3.05) is 4.43 Å². The highest BCUT2D eigenvalue weighted by molar-refractivity contribution is 14.1. The second-order valence-electron chi connectivity index (χ2n) is 15.6. The monoisotopic (exact) mass is 970 g/mol. The first kappa shape index (κ1) is 30.9. The fourth-order valence-electron chi connectivity index (χ4n) is 11.0. The minimum atomic E-state index is 0.612. The van der Waals surface area contributed by atoms with Crippen molar-refractivity contribution in [3.8, 4) is 0 Å². The van der Waals surface area contributed by atoms with Gasteiger partial charge in [-0.05, 0) is 144 Å². The molecule has 0 amide bonds. The van der Waals surface area contributed by atoms with Crippen molar-refractivity contribution in [3.05, 3.63) is 0 Å². The number of rotatable bonds is 10. The number of hydrogen-bond donors (Lipinski definition) is 0. The standard InChI is InChI=1S/C34H54I4/c35-26-31(22-23-31)34(38)21-11-28(25-34)9-19-30(14-4-5-15-30)33(37)20-10-27(24-33)8-18-29(12-2-1-3-13-29)32(36)16-6-7-17-32/h27-28H,1-26H2. The highest BCUT2D eigenvalue weighted by Crippen LogP contribution is 2.68. The molecule has 6 fully saturated rings. The van der Waals surface area contributed by atoms with E-state index in [4.69, 9.17) is 0 Å². The molecule has 6 aliphatic carbocycles. The van der Waals surface area contributed by atoms with Gasteiger partial charge < -0.3 is 0 Å². The predicted octanol–water partition coefficient (Wildman–Crippen LogP) is 13.0. The van der Waals surface area contributed by atoms with E-state index in [9.17, 15) is 0 Å². The van der Waals surface area contributed by atoms with Gasteiger partial charge in [-0.2, -0.15) is 0 Å². The van der Waals surface area contributed by atoms with E-state index in [1.165, 1.54) is 87.9 Å². The zero-order valence-electron chi connectivity index (χ0n) is 24.1. The van der Waals surface area contributed by atoms with Crippen LogP contribution in [0.4, 0.5) is 0 Å². The third kappa shape index (κ3) is 5.61. The minimum Gasteiger partial charge on any atom is -0.0857 e. The number of alkyl halides is 4. The molecule has 4 unspecified atom stereocenters. The van der Waals surface area contributed by atoms with Crippen molar-refractivity contribution in [1.29, 1.82) is 0 Å². The number of hydrogen-bond acceptors (Lipinski definition) is 0. The molecule has 6 aliphatic rings. The van der Waals surface area contributed by atoms with Gasteiger partial charge in [0.2, 0.25) is 0 Å². The summed E-state index contributed by atoms with van der Waals surface area (Å²) in [5, 5.41) is 0. The molecule has 0 nitrogen and oxygen atoms in total. The van der Waals surface area contributed by atoms with Crippen molar-refractivity contribution in [2.45, 2.75) is 171 Å². The van der Waals surface area contributed by atoms with Gasteiger partial charge >= 0.3 is 0 Å². The topological polar surface area (TPSA) is 0 Å². The van der Waals surface area contributed by atoms with Crippen LogP contribution in [0.3, 0.4) is 0 Å². The van der Waals surface area contributed by atoms with E-state index in [0.29, 0.717) is 21.1 Å². The van der Waals surface area contributed by atoms with Gasteiger partial charge in [0, 0.05) is 14.7 Å². The molecule has 0 aromatic rings. The fourth-order valence-corrected chi connectivity index (χ4v) is 18.3. The Hall–Kier alpha value is 2.92. The smallest absolute Gasteiger partial charge is 0.0288 e. The van der Waals surface area contributed by atoms with Gasteiger partial charge in [0.25, 0.3) is 0 Å². The van der Waals surface area contributed by atoms with Crippen molar-refractivity contribution in [2.24, 2.45) is 28.1 Å². The second kappa shape index (κ2) is 12.0. The Morgan fingerprint density at radius 1 is 0.447 bits per heavy atom. The van der Waals surface area contributed by atoms with Crippen LogP contribution in [0.2, 0.25) is 0 Å². The lowest BCUT2D eigenvalue weighted by Gasteiger charge is -2.49. The highest BCUT2D eigenvalue weighted by atomic mass is 127. The predicted molar refractivity (Wildman–Crippen MR) is 199 cm³/mol. The lowest BCUT2D eigenvalue weighted by Crippen LogP contribution is -2.43. The first-order valence-electron chi connectivity index (χ1n) is 16.8. The van der Waals surface area contributed by atoms with Crippen molar-refractivity contribution < 1.29 is 0 Å². The normalized spacial score (nSPS) is 41.1. The summed E-state index contributed by atoms with van der Waals surface area (Å²) in [6.07, 6.45) is 38.4. The van der Waals surface area contributed by atoms with Gasteiger partial charge in [0.05, 0.1) is 0 Å². The van der Waals surface area contributed by atoms with Gasteiger partial charge in [-0.15, -0.1) is 0 Å². The Kier molecular flexibility index (Phi) is 9.78. The van der Waals surface area contributed by atoms with Crippen LogP contribution in [0.15, 0.2) is 0 Å². The molecule has 0 radical (unpaired) electrons. The second-order valence-corrected chi connectivity index (χ2v) is 22.6. The summed E-state index contributed by atoms with van der Waals surface area (Å²) >= 11 is 11.8. The first-order valence-corrected chi connectivity index (χ1v) is 21.6. The van der Waals surface area contributed by atoms with Crippen LogP contribution in [0, 0.1) is 28.1 Å². The van der Waals surface area contributed by atoms with Gasteiger partial charge in [0.1, 0.15) is 0 Å². The van der Waals surface area contributed by atoms with Gasteiger partial charge in [-0.3, -0.25) is 0 Å². The fraction of sp³-hybridized carbons (Fsp3) is 1.00. The van der Waals surface area contributed by atoms with Gasteiger partial charge in [-0.25, -0.2) is 0 Å². The molecule has 4 atom stereocenters. The molecule has 0 heterocycles. The Morgan fingerprint density at radius 3 is 1.34 bits per heavy atom. The summed E-state index contributed by atoms with van der Waals surface area (Å²) < 4.78 is 3.30. The zero-order chi connectivity index (χ0) is 26.5. The lowest BCUT2D eigenvalue weighted by atomic mass is 9.62. The Morgan fingerprint density at radius 2 is 0.868 bits per heavy atom. The van der Waals surface area contributed by atoms with E-state index in [1.807, 2.05) is 0 Å². The maximum Gasteiger partial charge on any atom is 0.0288 e. The summed E-state index contributed by atoms with van der Waals surface area (Å²) in [5.41, 5.74) is 2.09. The van der Waals surface area contributed by atoms with Crippen LogP contribution in [0.25, 0.3) is 0 Å². The molecule has 0 spiro atoms.